The highest BCUT2D eigenvalue weighted by atomic mass is 32.1. The maximum Gasteiger partial charge on any atom is 0.135 e. The number of rotatable bonds is 3. The average molecular weight is 723 g/mol. The molecule has 4 heteroatoms. The van der Waals surface area contributed by atoms with E-state index in [0.717, 1.165) is 22.2 Å². The van der Waals surface area contributed by atoms with Crippen LogP contribution in [0.2, 0.25) is 0 Å². The Morgan fingerprint density at radius 2 is 1.15 bits per heavy atom. The van der Waals surface area contributed by atoms with E-state index in [1.165, 1.54) is 86.7 Å². The molecule has 0 unspecified atom stereocenters. The zero-order valence-electron chi connectivity index (χ0n) is 30.4. The van der Waals surface area contributed by atoms with Crippen LogP contribution in [0.3, 0.4) is 0 Å². The van der Waals surface area contributed by atoms with Crippen LogP contribution in [0, 0.1) is 0 Å². The highest BCUT2D eigenvalue weighted by Crippen LogP contribution is 2.56. The summed E-state index contributed by atoms with van der Waals surface area (Å²) in [6.45, 7) is 4.76. The number of fused-ring (bicyclic) bond motifs is 12. The van der Waals surface area contributed by atoms with E-state index in [1.54, 1.807) is 0 Å². The second kappa shape index (κ2) is 11.2. The van der Waals surface area contributed by atoms with Crippen molar-refractivity contribution >= 4 is 92.3 Å². The summed E-state index contributed by atoms with van der Waals surface area (Å²) >= 11 is 1.88. The van der Waals surface area contributed by atoms with Crippen LogP contribution >= 0.6 is 11.3 Å². The molecular formula is C51H34N2OS. The molecule has 0 spiro atoms. The predicted molar refractivity (Wildman–Crippen MR) is 233 cm³/mol. The van der Waals surface area contributed by atoms with Crippen molar-refractivity contribution in [2.75, 3.05) is 4.90 Å². The highest BCUT2D eigenvalue weighted by Gasteiger charge is 2.39. The molecule has 0 radical (unpaired) electrons. The molecule has 1 aliphatic rings. The smallest absolute Gasteiger partial charge is 0.135 e. The number of hydrogen-bond acceptors (Lipinski definition) is 3. The van der Waals surface area contributed by atoms with Gasteiger partial charge in [0.1, 0.15) is 11.2 Å². The lowest BCUT2D eigenvalue weighted by atomic mass is 9.71. The Morgan fingerprint density at radius 3 is 1.98 bits per heavy atom. The Morgan fingerprint density at radius 1 is 0.473 bits per heavy atom. The number of anilines is 3. The lowest BCUT2D eigenvalue weighted by Gasteiger charge is -2.42. The molecule has 260 valence electrons. The fourth-order valence-corrected chi connectivity index (χ4v) is 10.5. The number of thiophene rings is 1. The van der Waals surface area contributed by atoms with E-state index in [0.29, 0.717) is 0 Å². The summed E-state index contributed by atoms with van der Waals surface area (Å²) in [5, 5.41) is 7.52. The maximum absolute atomic E-state index is 6.47. The molecule has 0 saturated heterocycles. The summed E-state index contributed by atoms with van der Waals surface area (Å²) in [5.74, 6) is 0. The van der Waals surface area contributed by atoms with Crippen molar-refractivity contribution in [2.24, 2.45) is 0 Å². The first-order chi connectivity index (χ1) is 27.0. The molecule has 55 heavy (non-hydrogen) atoms. The molecule has 11 aromatic rings. The normalized spacial score (nSPS) is 13.7. The molecule has 12 rings (SSSR count). The minimum absolute atomic E-state index is 0.322. The Hall–Kier alpha value is -6.62. The fourth-order valence-electron chi connectivity index (χ4n) is 9.43. The van der Waals surface area contributed by atoms with Crippen LogP contribution in [-0.2, 0) is 5.41 Å². The van der Waals surface area contributed by atoms with E-state index >= 15 is 0 Å². The van der Waals surface area contributed by atoms with E-state index in [-0.39, 0.29) is 5.41 Å². The van der Waals surface area contributed by atoms with Gasteiger partial charge in [-0.25, -0.2) is 0 Å². The van der Waals surface area contributed by atoms with Crippen molar-refractivity contribution in [2.45, 2.75) is 19.3 Å². The Balaban J connectivity index is 1.11. The Labute approximate surface area is 321 Å². The van der Waals surface area contributed by atoms with Gasteiger partial charge in [0.25, 0.3) is 0 Å². The quantitative estimate of drug-likeness (QED) is 0.181. The second-order valence-corrected chi connectivity index (χ2v) is 16.4. The second-order valence-electron chi connectivity index (χ2n) is 15.3. The van der Waals surface area contributed by atoms with Gasteiger partial charge in [-0.05, 0) is 107 Å². The minimum atomic E-state index is -0.322. The predicted octanol–water partition coefficient (Wildman–Crippen LogP) is 14.8. The van der Waals surface area contributed by atoms with Crippen LogP contribution in [0.25, 0.3) is 80.7 Å². The van der Waals surface area contributed by atoms with Gasteiger partial charge in [-0.15, -0.1) is 11.3 Å². The number of aromatic nitrogens is 1. The molecule has 0 amide bonds. The molecule has 3 nitrogen and oxygen atoms in total. The van der Waals surface area contributed by atoms with Gasteiger partial charge in [-0.2, -0.15) is 0 Å². The zero-order valence-corrected chi connectivity index (χ0v) is 31.2. The van der Waals surface area contributed by atoms with Crippen molar-refractivity contribution in [1.82, 2.24) is 4.57 Å². The summed E-state index contributed by atoms with van der Waals surface area (Å²) in [7, 11) is 0. The highest BCUT2D eigenvalue weighted by molar-refractivity contribution is 7.25. The molecule has 4 heterocycles. The van der Waals surface area contributed by atoms with Crippen LogP contribution in [0.15, 0.2) is 174 Å². The number of nitrogens with zero attached hydrogens (tertiary/aromatic N) is 2. The zero-order chi connectivity index (χ0) is 36.4. The minimum Gasteiger partial charge on any atom is -0.456 e. The van der Waals surface area contributed by atoms with Gasteiger partial charge in [0.15, 0.2) is 0 Å². The van der Waals surface area contributed by atoms with Crippen LogP contribution in [0.4, 0.5) is 17.1 Å². The molecular weight excluding hydrogens is 689 g/mol. The molecule has 0 saturated carbocycles. The van der Waals surface area contributed by atoms with E-state index in [4.69, 9.17) is 4.42 Å². The number of para-hydroxylation sites is 3. The van der Waals surface area contributed by atoms with Crippen LogP contribution < -0.4 is 4.90 Å². The molecule has 0 N–H and O–H groups in total. The third-order valence-corrected chi connectivity index (χ3v) is 13.1. The molecule has 0 bridgehead atoms. The summed E-state index contributed by atoms with van der Waals surface area (Å²) in [5.41, 5.74) is 13.7. The third-order valence-electron chi connectivity index (χ3n) is 11.9. The van der Waals surface area contributed by atoms with Crippen molar-refractivity contribution in [3.8, 4) is 16.8 Å². The lowest BCUT2D eigenvalue weighted by molar-refractivity contribution is 0.634. The SMILES string of the molecule is CC1(C)c2cc(-c3ccc4c(c3)c3cc5c(cc3n4-c3ccccc3)sc3ccccc35)ccc2N(c2ccccc2)c2ccc3oc4ccccc4c3c21. The molecule has 0 fully saturated rings. The summed E-state index contributed by atoms with van der Waals surface area (Å²) < 4.78 is 11.5. The van der Waals surface area contributed by atoms with Crippen LogP contribution in [0.5, 0.6) is 0 Å². The Bertz CT molecular complexity index is 3350. The molecule has 0 aliphatic carbocycles. The monoisotopic (exact) mass is 722 g/mol. The van der Waals surface area contributed by atoms with Crippen molar-refractivity contribution < 1.29 is 4.42 Å². The number of furan rings is 1. The van der Waals surface area contributed by atoms with E-state index in [9.17, 15) is 0 Å². The van der Waals surface area contributed by atoms with E-state index < -0.39 is 0 Å². The largest absolute Gasteiger partial charge is 0.456 e. The first kappa shape index (κ1) is 30.8. The van der Waals surface area contributed by atoms with E-state index in [1.807, 2.05) is 11.3 Å². The summed E-state index contributed by atoms with van der Waals surface area (Å²) in [6, 6.07) is 62.1. The van der Waals surface area contributed by atoms with Gasteiger partial charge in [0, 0.05) is 58.5 Å². The first-order valence-corrected chi connectivity index (χ1v) is 19.7. The molecule has 3 aromatic heterocycles. The Kier molecular flexibility index (Phi) is 6.27. The van der Waals surface area contributed by atoms with Gasteiger partial charge in [0.2, 0.25) is 0 Å². The average Bonchev–Trinajstić information content (AvgIpc) is 3.89. The maximum atomic E-state index is 6.47. The van der Waals surface area contributed by atoms with Gasteiger partial charge < -0.3 is 13.9 Å². The number of hydrogen-bond donors (Lipinski definition) is 0. The molecule has 8 aromatic carbocycles. The van der Waals surface area contributed by atoms with Crippen LogP contribution in [-0.4, -0.2) is 4.57 Å². The van der Waals surface area contributed by atoms with Gasteiger partial charge in [-0.3, -0.25) is 0 Å². The van der Waals surface area contributed by atoms with E-state index in [2.05, 4.69) is 193 Å². The summed E-state index contributed by atoms with van der Waals surface area (Å²) in [4.78, 5) is 2.44. The molecule has 0 atom stereocenters. The molecule has 1 aliphatic heterocycles. The van der Waals surface area contributed by atoms with Gasteiger partial charge in [0.05, 0.1) is 22.4 Å². The first-order valence-electron chi connectivity index (χ1n) is 18.9. The topological polar surface area (TPSA) is 21.3 Å². The van der Waals surface area contributed by atoms with Gasteiger partial charge in [-0.1, -0.05) is 98.8 Å². The summed E-state index contributed by atoms with van der Waals surface area (Å²) in [6.07, 6.45) is 0. The van der Waals surface area contributed by atoms with Crippen molar-refractivity contribution in [3.05, 3.63) is 181 Å². The number of benzene rings is 8. The van der Waals surface area contributed by atoms with Crippen LogP contribution in [0.1, 0.15) is 25.0 Å². The van der Waals surface area contributed by atoms with Crippen molar-refractivity contribution in [3.63, 3.8) is 0 Å². The fraction of sp³-hybridized carbons (Fsp3) is 0.0588. The van der Waals surface area contributed by atoms with Crippen molar-refractivity contribution in [1.29, 1.82) is 0 Å². The lowest BCUT2D eigenvalue weighted by Crippen LogP contribution is -2.31. The van der Waals surface area contributed by atoms with Gasteiger partial charge >= 0.3 is 0 Å². The third kappa shape index (κ3) is 4.31. The standard InChI is InChI=1S/C51H34N2OS/c1-51(2)40-28-32(22-24-42(40)53(34-15-7-4-8-16-34)43-25-26-46-49(50(43)51)36-18-9-11-19-45(36)54-46)31-21-23-41-37(27-31)38-29-39-35-17-10-12-20-47(35)55-48(39)30-44(38)52(41)33-13-5-3-6-14-33/h3-30H,1-2H3.